The molecule has 0 saturated heterocycles. The van der Waals surface area contributed by atoms with Gasteiger partial charge < -0.3 is 5.73 Å². The van der Waals surface area contributed by atoms with Crippen molar-refractivity contribution in [1.82, 2.24) is 14.9 Å². The molecule has 0 radical (unpaired) electrons. The van der Waals surface area contributed by atoms with Crippen molar-refractivity contribution >= 4 is 23.2 Å². The molecule has 2 N–H and O–H groups in total. The first-order valence-corrected chi connectivity index (χ1v) is 11.8. The highest BCUT2D eigenvalue weighted by molar-refractivity contribution is 7.10. The number of guanidine groups is 1. The van der Waals surface area contributed by atoms with E-state index in [0.29, 0.717) is 5.92 Å². The Labute approximate surface area is 192 Å². The number of aryl methyl sites for hydroxylation is 2. The van der Waals surface area contributed by atoms with E-state index in [9.17, 15) is 4.79 Å². The van der Waals surface area contributed by atoms with E-state index in [1.807, 2.05) is 26.8 Å². The van der Waals surface area contributed by atoms with Crippen LogP contribution in [0.2, 0.25) is 0 Å². The van der Waals surface area contributed by atoms with Gasteiger partial charge in [0.2, 0.25) is 5.91 Å². The molecular formula is C25H27N5OS. The third-order valence-electron chi connectivity index (χ3n) is 6.51. The number of hydrogen-bond acceptors (Lipinski definition) is 6. The summed E-state index contributed by atoms with van der Waals surface area (Å²) in [6.07, 6.45) is 2.51. The molecular weight excluding hydrogens is 418 g/mol. The Morgan fingerprint density at radius 2 is 1.78 bits per heavy atom. The second kappa shape index (κ2) is 7.52. The smallest absolute Gasteiger partial charge is 0.239 e. The molecule has 3 heterocycles. The van der Waals surface area contributed by atoms with Crippen LogP contribution in [0.3, 0.4) is 0 Å². The fraction of sp³-hybridized carbons (Fsp3) is 0.360. The molecule has 1 saturated carbocycles. The molecule has 1 fully saturated rings. The molecule has 32 heavy (non-hydrogen) atoms. The summed E-state index contributed by atoms with van der Waals surface area (Å²) in [7, 11) is 1.69. The minimum atomic E-state index is -0.797. The maximum Gasteiger partial charge on any atom is 0.239 e. The van der Waals surface area contributed by atoms with E-state index in [4.69, 9.17) is 10.7 Å². The number of aliphatic imine (C=N–C) groups is 1. The lowest BCUT2D eigenvalue weighted by Crippen LogP contribution is -2.52. The first kappa shape index (κ1) is 20.8. The van der Waals surface area contributed by atoms with Gasteiger partial charge in [0.05, 0.1) is 11.6 Å². The Hall–Kier alpha value is -3.06. The molecule has 164 valence electrons. The number of carbonyl (C=O) groups is 1. The highest BCUT2D eigenvalue weighted by Gasteiger charge is 2.48. The van der Waals surface area contributed by atoms with Crippen molar-refractivity contribution in [1.29, 1.82) is 0 Å². The van der Waals surface area contributed by atoms with Gasteiger partial charge in [-0.15, -0.1) is 11.3 Å². The van der Waals surface area contributed by atoms with E-state index in [0.717, 1.165) is 33.2 Å². The number of hydrogen-bond donors (Lipinski definition) is 1. The number of carbonyl (C=O) groups excluding carboxylic acids is 1. The first-order chi connectivity index (χ1) is 15.3. The van der Waals surface area contributed by atoms with Gasteiger partial charge in [0.25, 0.3) is 0 Å². The standard InChI is InChI=1S/C25H27N5OS/c1-14-11-20(28-15(2)27-14)19-12-21(32-13-19)25(3)22(23(31)30(4)24(26)29-25)18-9-7-17(8-10-18)16-5-6-16/h7-13,16,22H,5-6H2,1-4H3,(H2,26,29)/t22-,25-/m1/s1. The zero-order chi connectivity index (χ0) is 22.6. The molecule has 6 nitrogen and oxygen atoms in total. The lowest BCUT2D eigenvalue weighted by atomic mass is 9.77. The van der Waals surface area contributed by atoms with Crippen LogP contribution in [0.4, 0.5) is 0 Å². The Balaban J connectivity index is 1.59. The molecule has 1 aliphatic heterocycles. The molecule has 0 unspecified atom stereocenters. The SMILES string of the molecule is Cc1cc(-c2csc([C@@]3(C)N=C(N)N(C)C(=O)[C@H]3c3ccc(C4CC4)cc3)c2)nc(C)n1. The maximum absolute atomic E-state index is 13.5. The van der Waals surface area contributed by atoms with Crippen molar-refractivity contribution in [2.45, 2.75) is 51.0 Å². The largest absolute Gasteiger partial charge is 0.369 e. The zero-order valence-electron chi connectivity index (χ0n) is 18.8. The Bertz CT molecular complexity index is 1210. The van der Waals surface area contributed by atoms with Gasteiger partial charge in [0.1, 0.15) is 11.4 Å². The lowest BCUT2D eigenvalue weighted by molar-refractivity contribution is -0.130. The van der Waals surface area contributed by atoms with Crippen LogP contribution in [0.1, 0.15) is 59.1 Å². The number of likely N-dealkylation sites (N-methyl/N-ethyl adjacent to an activating group) is 1. The van der Waals surface area contributed by atoms with Gasteiger partial charge >= 0.3 is 0 Å². The highest BCUT2D eigenvalue weighted by atomic mass is 32.1. The molecule has 1 amide bonds. The molecule has 1 aromatic carbocycles. The fourth-order valence-corrected chi connectivity index (χ4v) is 5.61. The van der Waals surface area contributed by atoms with Gasteiger partial charge in [-0.1, -0.05) is 24.3 Å². The average molecular weight is 446 g/mol. The molecule has 2 atom stereocenters. The number of amides is 1. The summed E-state index contributed by atoms with van der Waals surface area (Å²) in [6.45, 7) is 5.87. The third kappa shape index (κ3) is 3.50. The Kier molecular flexibility index (Phi) is 4.89. The van der Waals surface area contributed by atoms with Crippen LogP contribution in [0, 0.1) is 13.8 Å². The van der Waals surface area contributed by atoms with Gasteiger partial charge in [-0.2, -0.15) is 0 Å². The number of nitrogens with zero attached hydrogens (tertiary/aromatic N) is 4. The van der Waals surface area contributed by atoms with Gasteiger partial charge in [0.15, 0.2) is 5.96 Å². The molecule has 3 aromatic rings. The summed E-state index contributed by atoms with van der Waals surface area (Å²) < 4.78 is 0. The van der Waals surface area contributed by atoms with E-state index < -0.39 is 11.5 Å². The van der Waals surface area contributed by atoms with Gasteiger partial charge in [-0.3, -0.25) is 9.69 Å². The number of thiophene rings is 1. The number of aromatic nitrogens is 2. The molecule has 2 aromatic heterocycles. The van der Waals surface area contributed by atoms with Crippen molar-refractivity contribution in [3.63, 3.8) is 0 Å². The summed E-state index contributed by atoms with van der Waals surface area (Å²) in [5, 5.41) is 2.07. The lowest BCUT2D eigenvalue weighted by Gasteiger charge is -2.40. The van der Waals surface area contributed by atoms with Crippen molar-refractivity contribution in [3.8, 4) is 11.3 Å². The maximum atomic E-state index is 13.5. The molecule has 0 spiro atoms. The van der Waals surface area contributed by atoms with Gasteiger partial charge in [0, 0.05) is 28.6 Å². The van der Waals surface area contributed by atoms with Gasteiger partial charge in [-0.05, 0) is 62.8 Å². The number of rotatable bonds is 4. The van der Waals surface area contributed by atoms with Crippen LogP contribution in [0.15, 0.2) is 46.8 Å². The summed E-state index contributed by atoms with van der Waals surface area (Å²) in [4.78, 5) is 29.8. The minimum absolute atomic E-state index is 0.0390. The average Bonchev–Trinajstić information content (AvgIpc) is 3.47. The molecule has 7 heteroatoms. The van der Waals surface area contributed by atoms with Crippen molar-refractivity contribution < 1.29 is 4.79 Å². The molecule has 1 aliphatic carbocycles. The van der Waals surface area contributed by atoms with Crippen molar-refractivity contribution in [3.05, 3.63) is 69.3 Å². The van der Waals surface area contributed by atoms with E-state index in [1.165, 1.54) is 23.3 Å². The van der Waals surface area contributed by atoms with Crippen LogP contribution >= 0.6 is 11.3 Å². The summed E-state index contributed by atoms with van der Waals surface area (Å²) in [5.41, 5.74) is 10.5. The molecule has 2 aliphatic rings. The number of benzene rings is 1. The van der Waals surface area contributed by atoms with Crippen LogP contribution in [-0.2, 0) is 10.3 Å². The normalized spacial score (nSPS) is 23.4. The van der Waals surface area contributed by atoms with Crippen LogP contribution in [-0.4, -0.2) is 33.8 Å². The predicted octanol–water partition coefficient (Wildman–Crippen LogP) is 4.49. The molecule has 5 rings (SSSR count). The summed E-state index contributed by atoms with van der Waals surface area (Å²) in [5.74, 6) is 1.17. The third-order valence-corrected chi connectivity index (χ3v) is 7.67. The monoisotopic (exact) mass is 445 g/mol. The minimum Gasteiger partial charge on any atom is -0.369 e. The topological polar surface area (TPSA) is 84.5 Å². The Morgan fingerprint density at radius 1 is 1.09 bits per heavy atom. The van der Waals surface area contributed by atoms with Gasteiger partial charge in [-0.25, -0.2) is 15.0 Å². The van der Waals surface area contributed by atoms with Crippen LogP contribution in [0.25, 0.3) is 11.3 Å². The second-order valence-electron chi connectivity index (χ2n) is 9.03. The highest BCUT2D eigenvalue weighted by Crippen LogP contribution is 2.47. The van der Waals surface area contributed by atoms with Crippen molar-refractivity contribution in [2.75, 3.05) is 7.05 Å². The van der Waals surface area contributed by atoms with Crippen LogP contribution in [0.5, 0.6) is 0 Å². The van der Waals surface area contributed by atoms with E-state index in [-0.39, 0.29) is 11.9 Å². The number of nitrogens with two attached hydrogens (primary N) is 1. The zero-order valence-corrected chi connectivity index (χ0v) is 19.6. The molecule has 0 bridgehead atoms. The van der Waals surface area contributed by atoms with Crippen LogP contribution < -0.4 is 5.73 Å². The fourth-order valence-electron chi connectivity index (χ4n) is 4.57. The Morgan fingerprint density at radius 3 is 2.44 bits per heavy atom. The predicted molar refractivity (Wildman–Crippen MR) is 128 cm³/mol. The van der Waals surface area contributed by atoms with E-state index in [2.05, 4.69) is 45.7 Å². The summed E-state index contributed by atoms with van der Waals surface area (Å²) in [6, 6.07) is 12.6. The second-order valence-corrected chi connectivity index (χ2v) is 9.94. The van der Waals surface area contributed by atoms with E-state index >= 15 is 0 Å². The first-order valence-electron chi connectivity index (χ1n) is 10.9. The summed E-state index contributed by atoms with van der Waals surface area (Å²) >= 11 is 1.59. The van der Waals surface area contributed by atoms with E-state index in [1.54, 1.807) is 18.4 Å². The van der Waals surface area contributed by atoms with Crippen molar-refractivity contribution in [2.24, 2.45) is 10.7 Å². The quantitative estimate of drug-likeness (QED) is 0.641.